The van der Waals surface area contributed by atoms with Crippen molar-refractivity contribution in [3.8, 4) is 0 Å². The first-order chi connectivity index (χ1) is 7.79. The minimum Gasteiger partial charge on any atom is -0.331 e. The van der Waals surface area contributed by atoms with Gasteiger partial charge < -0.3 is 9.88 Å². The van der Waals surface area contributed by atoms with Crippen LogP contribution < -0.4 is 5.32 Å². The minimum atomic E-state index is 1.04. The normalized spacial score (nSPS) is 12.1. The first-order valence-electron chi connectivity index (χ1n) is 6.18. The molecule has 1 rings (SSSR count). The van der Waals surface area contributed by atoms with E-state index in [0.717, 1.165) is 38.3 Å². The zero-order valence-corrected chi connectivity index (χ0v) is 10.7. The van der Waals surface area contributed by atoms with Crippen molar-refractivity contribution in [3.05, 3.63) is 24.3 Å². The highest BCUT2D eigenvalue weighted by atomic mass is 15.1. The number of nitrogens with zero attached hydrogens (tertiary/aromatic N) is 2. The molecule has 0 spiro atoms. The third-order valence-corrected chi connectivity index (χ3v) is 2.55. The molecule has 0 aliphatic carbocycles. The number of imidazole rings is 1. The Morgan fingerprint density at radius 1 is 1.50 bits per heavy atom. The summed E-state index contributed by atoms with van der Waals surface area (Å²) in [5, 5.41) is 3.32. The topological polar surface area (TPSA) is 29.9 Å². The van der Waals surface area contributed by atoms with E-state index in [0.29, 0.717) is 0 Å². The predicted octanol–water partition coefficient (Wildman–Crippen LogP) is 2.70. The molecule has 1 aromatic heterocycles. The van der Waals surface area contributed by atoms with Gasteiger partial charge in [-0.05, 0) is 38.4 Å². The monoisotopic (exact) mass is 221 g/mol. The molecule has 0 aliphatic rings. The summed E-state index contributed by atoms with van der Waals surface area (Å²) in [6.45, 7) is 9.59. The average Bonchev–Trinajstić information content (AvgIpc) is 2.73. The Kier molecular flexibility index (Phi) is 5.86. The summed E-state index contributed by atoms with van der Waals surface area (Å²) in [4.78, 5) is 4.41. The molecule has 0 radical (unpaired) electrons. The molecule has 3 heteroatoms. The Balaban J connectivity index is 2.56. The standard InChI is InChI=1S/C13H23N3/c1-4-10-16-11-9-15-13(16)12(3)7-6-8-14-5-2/h7,9,11,14H,4-6,8,10H2,1-3H3. The predicted molar refractivity (Wildman–Crippen MR) is 69.3 cm³/mol. The van der Waals surface area contributed by atoms with Gasteiger partial charge in [0, 0.05) is 18.9 Å². The lowest BCUT2D eigenvalue weighted by Crippen LogP contribution is -2.13. The summed E-state index contributed by atoms with van der Waals surface area (Å²) in [7, 11) is 0. The number of hydrogen-bond acceptors (Lipinski definition) is 2. The van der Waals surface area contributed by atoms with Crippen LogP contribution in [-0.4, -0.2) is 22.6 Å². The molecular weight excluding hydrogens is 198 g/mol. The molecule has 0 aromatic carbocycles. The summed E-state index contributed by atoms with van der Waals surface area (Å²) < 4.78 is 2.22. The molecule has 0 aliphatic heterocycles. The van der Waals surface area contributed by atoms with Crippen molar-refractivity contribution in [3.63, 3.8) is 0 Å². The second-order valence-corrected chi connectivity index (χ2v) is 3.97. The van der Waals surface area contributed by atoms with Crippen LogP contribution in [0, 0.1) is 0 Å². The van der Waals surface area contributed by atoms with Gasteiger partial charge in [-0.1, -0.05) is 19.9 Å². The number of aryl methyl sites for hydroxylation is 1. The van der Waals surface area contributed by atoms with E-state index in [4.69, 9.17) is 0 Å². The van der Waals surface area contributed by atoms with E-state index in [9.17, 15) is 0 Å². The van der Waals surface area contributed by atoms with Crippen molar-refractivity contribution >= 4 is 5.57 Å². The molecule has 0 amide bonds. The van der Waals surface area contributed by atoms with Gasteiger partial charge in [0.25, 0.3) is 0 Å². The van der Waals surface area contributed by atoms with Crippen molar-refractivity contribution in [2.45, 2.75) is 40.2 Å². The Morgan fingerprint density at radius 2 is 2.31 bits per heavy atom. The van der Waals surface area contributed by atoms with E-state index in [1.165, 1.54) is 5.57 Å². The summed E-state index contributed by atoms with van der Waals surface area (Å²) in [6, 6.07) is 0. The van der Waals surface area contributed by atoms with Crippen LogP contribution in [0.25, 0.3) is 5.57 Å². The first kappa shape index (κ1) is 13.0. The molecule has 0 unspecified atom stereocenters. The van der Waals surface area contributed by atoms with Crippen molar-refractivity contribution in [2.24, 2.45) is 0 Å². The zero-order valence-electron chi connectivity index (χ0n) is 10.7. The van der Waals surface area contributed by atoms with Gasteiger partial charge in [0.2, 0.25) is 0 Å². The van der Waals surface area contributed by atoms with Crippen LogP contribution in [0.5, 0.6) is 0 Å². The third-order valence-electron chi connectivity index (χ3n) is 2.55. The van der Waals surface area contributed by atoms with Crippen LogP contribution in [0.15, 0.2) is 18.5 Å². The number of nitrogens with one attached hydrogen (secondary N) is 1. The first-order valence-corrected chi connectivity index (χ1v) is 6.18. The van der Waals surface area contributed by atoms with E-state index in [-0.39, 0.29) is 0 Å². The molecule has 90 valence electrons. The maximum Gasteiger partial charge on any atom is 0.135 e. The van der Waals surface area contributed by atoms with Gasteiger partial charge in [-0.3, -0.25) is 0 Å². The van der Waals surface area contributed by atoms with Crippen molar-refractivity contribution in [1.82, 2.24) is 14.9 Å². The van der Waals surface area contributed by atoms with E-state index in [1.807, 2.05) is 6.20 Å². The second-order valence-electron chi connectivity index (χ2n) is 3.97. The fourth-order valence-electron chi connectivity index (χ4n) is 1.74. The second kappa shape index (κ2) is 7.23. The lowest BCUT2D eigenvalue weighted by Gasteiger charge is -2.06. The molecule has 1 aromatic rings. The molecule has 0 saturated heterocycles. The average molecular weight is 221 g/mol. The number of allylic oxidation sites excluding steroid dienone is 1. The Bertz CT molecular complexity index is 326. The van der Waals surface area contributed by atoms with Crippen molar-refractivity contribution < 1.29 is 0 Å². The van der Waals surface area contributed by atoms with Crippen molar-refractivity contribution in [1.29, 1.82) is 0 Å². The number of rotatable bonds is 7. The highest BCUT2D eigenvalue weighted by Crippen LogP contribution is 2.12. The van der Waals surface area contributed by atoms with Gasteiger partial charge in [-0.15, -0.1) is 0 Å². The fraction of sp³-hybridized carbons (Fsp3) is 0.615. The third kappa shape index (κ3) is 3.81. The van der Waals surface area contributed by atoms with Gasteiger partial charge in [0.05, 0.1) is 0 Å². The summed E-state index contributed by atoms with van der Waals surface area (Å²) in [5.41, 5.74) is 1.27. The largest absolute Gasteiger partial charge is 0.331 e. The Hall–Kier alpha value is -1.09. The van der Waals surface area contributed by atoms with Crippen LogP contribution in [-0.2, 0) is 6.54 Å². The van der Waals surface area contributed by atoms with E-state index in [1.54, 1.807) is 0 Å². The molecule has 0 fully saturated rings. The van der Waals surface area contributed by atoms with Gasteiger partial charge in [0.15, 0.2) is 0 Å². The lowest BCUT2D eigenvalue weighted by molar-refractivity contribution is 0.669. The highest BCUT2D eigenvalue weighted by Gasteiger charge is 2.02. The van der Waals surface area contributed by atoms with Gasteiger partial charge in [0.1, 0.15) is 5.82 Å². The van der Waals surface area contributed by atoms with E-state index < -0.39 is 0 Å². The molecule has 3 nitrogen and oxygen atoms in total. The smallest absolute Gasteiger partial charge is 0.135 e. The number of aromatic nitrogens is 2. The number of hydrogen-bond donors (Lipinski definition) is 1. The SMILES string of the molecule is CCCn1ccnc1C(C)=CCCNCC. The minimum absolute atomic E-state index is 1.04. The van der Waals surface area contributed by atoms with Crippen molar-refractivity contribution in [2.75, 3.05) is 13.1 Å². The summed E-state index contributed by atoms with van der Waals surface area (Å²) in [6.07, 6.45) is 8.41. The molecule has 0 atom stereocenters. The summed E-state index contributed by atoms with van der Waals surface area (Å²) in [5.74, 6) is 1.11. The van der Waals surface area contributed by atoms with Gasteiger partial charge in [-0.2, -0.15) is 0 Å². The van der Waals surface area contributed by atoms with Crippen LogP contribution in [0.2, 0.25) is 0 Å². The van der Waals surface area contributed by atoms with Crippen LogP contribution in [0.1, 0.15) is 39.4 Å². The van der Waals surface area contributed by atoms with Gasteiger partial charge in [-0.25, -0.2) is 4.98 Å². The maximum absolute atomic E-state index is 4.41. The highest BCUT2D eigenvalue weighted by molar-refractivity contribution is 5.57. The summed E-state index contributed by atoms with van der Waals surface area (Å²) >= 11 is 0. The van der Waals surface area contributed by atoms with Crippen LogP contribution in [0.3, 0.4) is 0 Å². The van der Waals surface area contributed by atoms with Crippen LogP contribution >= 0.6 is 0 Å². The molecular formula is C13H23N3. The quantitative estimate of drug-likeness (QED) is 0.717. The Labute approximate surface area is 98.6 Å². The van der Waals surface area contributed by atoms with Crippen LogP contribution in [0.4, 0.5) is 0 Å². The van der Waals surface area contributed by atoms with Gasteiger partial charge >= 0.3 is 0 Å². The molecule has 1 N–H and O–H groups in total. The molecule has 0 bridgehead atoms. The lowest BCUT2D eigenvalue weighted by atomic mass is 10.2. The fourth-order valence-corrected chi connectivity index (χ4v) is 1.74. The molecule has 16 heavy (non-hydrogen) atoms. The maximum atomic E-state index is 4.41. The molecule has 0 saturated carbocycles. The Morgan fingerprint density at radius 3 is 3.00 bits per heavy atom. The van der Waals surface area contributed by atoms with E-state index in [2.05, 4.69) is 47.9 Å². The zero-order chi connectivity index (χ0) is 11.8. The molecule has 1 heterocycles. The van der Waals surface area contributed by atoms with E-state index >= 15 is 0 Å².